The van der Waals surface area contributed by atoms with E-state index in [9.17, 15) is 0 Å². The van der Waals surface area contributed by atoms with Gasteiger partial charge in [0.15, 0.2) is 0 Å². The number of hydrogen-bond donors (Lipinski definition) is 2. The average Bonchev–Trinajstić information content (AvgIpc) is 2.37. The number of nitrogen functional groups attached to an aromatic ring is 1. The molecule has 100 valence electrons. The van der Waals surface area contributed by atoms with Gasteiger partial charge in [-0.2, -0.15) is 38.5 Å². The molecule has 1 saturated heterocycles. The third kappa shape index (κ3) is 4.09. The number of aromatic nitrogens is 3. The largest absolute Gasteiger partial charge is 0.464 e. The van der Waals surface area contributed by atoms with E-state index in [1.54, 1.807) is 0 Å². The van der Waals surface area contributed by atoms with Crippen LogP contribution in [0.5, 0.6) is 6.01 Å². The van der Waals surface area contributed by atoms with Gasteiger partial charge in [-0.15, -0.1) is 0 Å². The number of anilines is 2. The van der Waals surface area contributed by atoms with Crippen LogP contribution in [0.3, 0.4) is 0 Å². The monoisotopic (exact) mass is 287 g/mol. The summed E-state index contributed by atoms with van der Waals surface area (Å²) in [4.78, 5) is 12.1. The number of rotatable bonds is 5. The molecule has 8 heteroatoms. The van der Waals surface area contributed by atoms with Crippen molar-refractivity contribution in [3.63, 3.8) is 0 Å². The number of ether oxygens (including phenoxy) is 1. The molecule has 1 aromatic rings. The van der Waals surface area contributed by atoms with Crippen LogP contribution in [0.15, 0.2) is 0 Å². The van der Waals surface area contributed by atoms with Crippen molar-refractivity contribution in [1.29, 1.82) is 0 Å². The Kier molecular flexibility index (Phi) is 5.18. The molecule has 0 spiro atoms. The first-order valence-electron chi connectivity index (χ1n) is 5.85. The van der Waals surface area contributed by atoms with E-state index < -0.39 is 0 Å². The highest BCUT2D eigenvalue weighted by Gasteiger charge is 2.14. The van der Waals surface area contributed by atoms with Gasteiger partial charge in [0.1, 0.15) is 0 Å². The topological polar surface area (TPSA) is 86.0 Å². The maximum absolute atomic E-state index is 5.61. The molecule has 1 aliphatic rings. The number of nitrogens with two attached hydrogens (primary N) is 1. The molecule has 2 rings (SSSR count). The van der Waals surface area contributed by atoms with E-state index in [0.29, 0.717) is 17.8 Å². The van der Waals surface area contributed by atoms with Crippen LogP contribution in [-0.2, 0) is 0 Å². The molecule has 6 nitrogen and oxygen atoms in total. The van der Waals surface area contributed by atoms with Crippen molar-refractivity contribution < 1.29 is 4.74 Å². The van der Waals surface area contributed by atoms with Gasteiger partial charge in [-0.3, -0.25) is 0 Å². The zero-order chi connectivity index (χ0) is 12.8. The zero-order valence-electron chi connectivity index (χ0n) is 10.3. The Hall–Kier alpha value is -0.890. The quantitative estimate of drug-likeness (QED) is 0.833. The fraction of sp³-hybridized carbons (Fsp3) is 0.700. The highest BCUT2D eigenvalue weighted by atomic mass is 32.2. The van der Waals surface area contributed by atoms with E-state index in [4.69, 9.17) is 10.5 Å². The standard InChI is InChI=1S/C10H17N5OS2/c1-2-16-10-14-8(11)13-9(15-10)12-5-7-6-17-3-4-18-7/h7H,2-6H2,1H3,(H3,11,12,13,14,15). The Morgan fingerprint density at radius 1 is 1.39 bits per heavy atom. The van der Waals surface area contributed by atoms with Crippen molar-refractivity contribution in [2.24, 2.45) is 0 Å². The van der Waals surface area contributed by atoms with E-state index in [1.165, 1.54) is 11.5 Å². The fourth-order valence-corrected chi connectivity index (χ4v) is 4.12. The lowest BCUT2D eigenvalue weighted by Gasteiger charge is -2.21. The number of nitrogens with one attached hydrogen (secondary N) is 1. The Balaban J connectivity index is 1.91. The molecular formula is C10H17N5OS2. The first kappa shape index (κ1) is 13.5. The summed E-state index contributed by atoms with van der Waals surface area (Å²) in [6, 6.07) is 0.276. The van der Waals surface area contributed by atoms with E-state index in [0.717, 1.165) is 12.3 Å². The van der Waals surface area contributed by atoms with Gasteiger partial charge in [-0.25, -0.2) is 0 Å². The summed E-state index contributed by atoms with van der Waals surface area (Å²) in [5.74, 6) is 4.29. The molecule has 0 bridgehead atoms. The second kappa shape index (κ2) is 6.89. The van der Waals surface area contributed by atoms with Gasteiger partial charge < -0.3 is 15.8 Å². The minimum Gasteiger partial charge on any atom is -0.464 e. The highest BCUT2D eigenvalue weighted by molar-refractivity contribution is 8.06. The van der Waals surface area contributed by atoms with Crippen LogP contribution >= 0.6 is 23.5 Å². The minimum absolute atomic E-state index is 0.182. The summed E-state index contributed by atoms with van der Waals surface area (Å²) in [5.41, 5.74) is 5.61. The van der Waals surface area contributed by atoms with E-state index in [1.807, 2.05) is 30.4 Å². The maximum Gasteiger partial charge on any atom is 0.323 e. The molecule has 1 aromatic heterocycles. The molecule has 0 aliphatic carbocycles. The Labute approximate surface area is 115 Å². The molecule has 0 saturated carbocycles. The third-order valence-corrected chi connectivity index (χ3v) is 5.12. The summed E-state index contributed by atoms with van der Waals surface area (Å²) in [6.45, 7) is 3.23. The van der Waals surface area contributed by atoms with Crippen molar-refractivity contribution >= 4 is 35.4 Å². The molecule has 18 heavy (non-hydrogen) atoms. The van der Waals surface area contributed by atoms with Gasteiger partial charge >= 0.3 is 6.01 Å². The summed E-state index contributed by atoms with van der Waals surface area (Å²) in [6.07, 6.45) is 0. The number of hydrogen-bond acceptors (Lipinski definition) is 8. The molecule has 1 aliphatic heterocycles. The van der Waals surface area contributed by atoms with Gasteiger partial charge in [0.2, 0.25) is 11.9 Å². The molecule has 0 radical (unpaired) electrons. The van der Waals surface area contributed by atoms with E-state index >= 15 is 0 Å². The third-order valence-electron chi connectivity index (χ3n) is 2.28. The second-order valence-electron chi connectivity index (χ2n) is 3.68. The van der Waals surface area contributed by atoms with Gasteiger partial charge in [-0.05, 0) is 6.92 Å². The van der Waals surface area contributed by atoms with Crippen molar-refractivity contribution in [3.8, 4) is 6.01 Å². The lowest BCUT2D eigenvalue weighted by molar-refractivity contribution is 0.312. The second-order valence-corrected chi connectivity index (χ2v) is 6.24. The average molecular weight is 287 g/mol. The molecule has 0 aromatic carbocycles. The molecule has 0 amide bonds. The minimum atomic E-state index is 0.182. The summed E-state index contributed by atoms with van der Waals surface area (Å²) >= 11 is 3.97. The Morgan fingerprint density at radius 2 is 2.28 bits per heavy atom. The lowest BCUT2D eigenvalue weighted by Crippen LogP contribution is -2.24. The van der Waals surface area contributed by atoms with Gasteiger partial charge in [0, 0.05) is 29.1 Å². The molecule has 1 fully saturated rings. The van der Waals surface area contributed by atoms with Gasteiger partial charge in [0.05, 0.1) is 6.61 Å². The first-order valence-corrected chi connectivity index (χ1v) is 8.06. The molecule has 1 atom stereocenters. The maximum atomic E-state index is 5.61. The SMILES string of the molecule is CCOc1nc(N)nc(NCC2CSCCS2)n1. The predicted molar refractivity (Wildman–Crippen MR) is 77.5 cm³/mol. The van der Waals surface area contributed by atoms with Gasteiger partial charge in [0.25, 0.3) is 0 Å². The Morgan fingerprint density at radius 3 is 3.00 bits per heavy atom. The molecule has 2 heterocycles. The molecule has 1 unspecified atom stereocenters. The van der Waals surface area contributed by atoms with Crippen LogP contribution < -0.4 is 15.8 Å². The fourth-order valence-electron chi connectivity index (χ4n) is 1.50. The normalized spacial score (nSPS) is 19.5. The van der Waals surface area contributed by atoms with Crippen molar-refractivity contribution in [2.75, 3.05) is 41.5 Å². The van der Waals surface area contributed by atoms with Crippen LogP contribution in [-0.4, -0.2) is 50.6 Å². The van der Waals surface area contributed by atoms with Crippen molar-refractivity contribution in [2.45, 2.75) is 12.2 Å². The lowest BCUT2D eigenvalue weighted by atomic mass is 10.5. The van der Waals surface area contributed by atoms with Crippen molar-refractivity contribution in [1.82, 2.24) is 15.0 Å². The zero-order valence-corrected chi connectivity index (χ0v) is 11.9. The van der Waals surface area contributed by atoms with Crippen LogP contribution in [0.1, 0.15) is 6.92 Å². The summed E-state index contributed by atoms with van der Waals surface area (Å²) < 4.78 is 5.23. The summed E-state index contributed by atoms with van der Waals surface area (Å²) in [5, 5.41) is 3.79. The Bertz CT molecular complexity index is 387. The summed E-state index contributed by atoms with van der Waals surface area (Å²) in [7, 11) is 0. The predicted octanol–water partition coefficient (Wildman–Crippen LogP) is 1.11. The van der Waals surface area contributed by atoms with E-state index in [-0.39, 0.29) is 12.0 Å². The molecular weight excluding hydrogens is 270 g/mol. The number of nitrogens with zero attached hydrogens (tertiary/aromatic N) is 3. The van der Waals surface area contributed by atoms with Crippen LogP contribution in [0, 0.1) is 0 Å². The highest BCUT2D eigenvalue weighted by Crippen LogP contribution is 2.24. The number of thioether (sulfide) groups is 2. The van der Waals surface area contributed by atoms with Crippen molar-refractivity contribution in [3.05, 3.63) is 0 Å². The van der Waals surface area contributed by atoms with Crippen LogP contribution in [0.2, 0.25) is 0 Å². The van der Waals surface area contributed by atoms with Crippen LogP contribution in [0.4, 0.5) is 11.9 Å². The van der Waals surface area contributed by atoms with Crippen LogP contribution in [0.25, 0.3) is 0 Å². The smallest absolute Gasteiger partial charge is 0.323 e. The van der Waals surface area contributed by atoms with E-state index in [2.05, 4.69) is 20.3 Å². The molecule has 3 N–H and O–H groups in total. The van der Waals surface area contributed by atoms with Gasteiger partial charge in [-0.1, -0.05) is 0 Å². The first-order chi connectivity index (χ1) is 8.78.